The molecular formula is C13H20N2. The number of rotatable bonds is 3. The lowest BCUT2D eigenvalue weighted by molar-refractivity contribution is 0.568. The number of pyridine rings is 1. The zero-order valence-electron chi connectivity index (χ0n) is 9.74. The first-order chi connectivity index (χ1) is 7.33. The normalized spacial score (nSPS) is 20.9. The van der Waals surface area contributed by atoms with Crippen LogP contribution in [0.2, 0.25) is 0 Å². The van der Waals surface area contributed by atoms with E-state index in [1.807, 2.05) is 6.20 Å². The van der Waals surface area contributed by atoms with E-state index in [1.54, 1.807) is 0 Å². The van der Waals surface area contributed by atoms with Crippen LogP contribution in [0.15, 0.2) is 18.3 Å². The van der Waals surface area contributed by atoms with Gasteiger partial charge < -0.3 is 4.90 Å². The third-order valence-corrected chi connectivity index (χ3v) is 3.41. The highest BCUT2D eigenvalue weighted by Crippen LogP contribution is 2.24. The molecule has 1 saturated heterocycles. The quantitative estimate of drug-likeness (QED) is 0.752. The predicted octanol–water partition coefficient (Wildman–Crippen LogP) is 2.88. The van der Waals surface area contributed by atoms with Crippen LogP contribution in [0, 0.1) is 5.92 Å². The van der Waals surface area contributed by atoms with Gasteiger partial charge in [0.05, 0.1) is 0 Å². The first-order valence-electron chi connectivity index (χ1n) is 6.03. The molecule has 2 heterocycles. The van der Waals surface area contributed by atoms with E-state index >= 15 is 0 Å². The Labute approximate surface area is 92.3 Å². The van der Waals surface area contributed by atoms with E-state index in [-0.39, 0.29) is 0 Å². The molecule has 1 aliphatic heterocycles. The van der Waals surface area contributed by atoms with E-state index in [4.69, 9.17) is 0 Å². The largest absolute Gasteiger partial charge is 0.356 e. The van der Waals surface area contributed by atoms with Crippen LogP contribution >= 0.6 is 0 Å². The van der Waals surface area contributed by atoms with Gasteiger partial charge in [-0.3, -0.25) is 0 Å². The lowest BCUT2D eigenvalue weighted by Gasteiger charge is -2.17. The van der Waals surface area contributed by atoms with Crippen LogP contribution < -0.4 is 4.90 Å². The Morgan fingerprint density at radius 3 is 3.00 bits per heavy atom. The van der Waals surface area contributed by atoms with Crippen molar-refractivity contribution >= 4 is 5.82 Å². The van der Waals surface area contributed by atoms with E-state index in [2.05, 4.69) is 35.9 Å². The summed E-state index contributed by atoms with van der Waals surface area (Å²) in [6, 6.07) is 4.34. The summed E-state index contributed by atoms with van der Waals surface area (Å²) in [4.78, 5) is 6.89. The fourth-order valence-corrected chi connectivity index (χ4v) is 2.23. The molecule has 1 unspecified atom stereocenters. The highest BCUT2D eigenvalue weighted by molar-refractivity contribution is 5.42. The highest BCUT2D eigenvalue weighted by Gasteiger charge is 2.21. The molecule has 15 heavy (non-hydrogen) atoms. The first kappa shape index (κ1) is 10.5. The number of hydrogen-bond donors (Lipinski definition) is 0. The second-order valence-electron chi connectivity index (χ2n) is 4.38. The van der Waals surface area contributed by atoms with Gasteiger partial charge in [0.2, 0.25) is 0 Å². The molecule has 0 radical (unpaired) electrons. The van der Waals surface area contributed by atoms with Crippen molar-refractivity contribution in [2.45, 2.75) is 33.1 Å². The van der Waals surface area contributed by atoms with Crippen molar-refractivity contribution in [1.82, 2.24) is 4.98 Å². The van der Waals surface area contributed by atoms with Crippen LogP contribution in [0.25, 0.3) is 0 Å². The van der Waals surface area contributed by atoms with Crippen molar-refractivity contribution in [1.29, 1.82) is 0 Å². The van der Waals surface area contributed by atoms with Gasteiger partial charge in [0.25, 0.3) is 0 Å². The van der Waals surface area contributed by atoms with Gasteiger partial charge in [-0.1, -0.05) is 20.3 Å². The number of nitrogens with zero attached hydrogens (tertiary/aromatic N) is 2. The first-order valence-corrected chi connectivity index (χ1v) is 6.03. The standard InChI is InChI=1S/C13H20N2/c1-3-11-5-7-14-13(9-11)15-8-6-12(4-2)10-15/h5,7,9,12H,3-4,6,8,10H2,1-2H3. The molecule has 0 saturated carbocycles. The maximum Gasteiger partial charge on any atom is 0.128 e. The second kappa shape index (κ2) is 4.65. The Kier molecular flexibility index (Phi) is 3.24. The third kappa shape index (κ3) is 2.31. The molecule has 0 aromatic carbocycles. The summed E-state index contributed by atoms with van der Waals surface area (Å²) in [5, 5.41) is 0. The molecule has 0 spiro atoms. The minimum Gasteiger partial charge on any atom is -0.356 e. The summed E-state index contributed by atoms with van der Waals surface area (Å²) in [5.74, 6) is 2.04. The summed E-state index contributed by atoms with van der Waals surface area (Å²) >= 11 is 0. The molecule has 1 aromatic rings. The van der Waals surface area contributed by atoms with E-state index in [9.17, 15) is 0 Å². The lowest BCUT2D eigenvalue weighted by Crippen LogP contribution is -2.20. The summed E-state index contributed by atoms with van der Waals surface area (Å²) < 4.78 is 0. The number of aryl methyl sites for hydroxylation is 1. The molecule has 2 heteroatoms. The monoisotopic (exact) mass is 204 g/mol. The van der Waals surface area contributed by atoms with E-state index in [0.717, 1.165) is 12.3 Å². The zero-order valence-corrected chi connectivity index (χ0v) is 9.74. The molecule has 2 nitrogen and oxygen atoms in total. The molecular weight excluding hydrogens is 184 g/mol. The van der Waals surface area contributed by atoms with E-state index < -0.39 is 0 Å². The molecule has 1 aromatic heterocycles. The maximum absolute atomic E-state index is 4.46. The number of hydrogen-bond acceptors (Lipinski definition) is 2. The van der Waals surface area contributed by atoms with Crippen LogP contribution in [0.5, 0.6) is 0 Å². The Morgan fingerprint density at radius 1 is 1.47 bits per heavy atom. The Hall–Kier alpha value is -1.05. The van der Waals surface area contributed by atoms with Crippen molar-refractivity contribution in [3.8, 4) is 0 Å². The second-order valence-corrected chi connectivity index (χ2v) is 4.38. The molecule has 1 aliphatic rings. The van der Waals surface area contributed by atoms with Gasteiger partial charge in [0.15, 0.2) is 0 Å². The van der Waals surface area contributed by atoms with Crippen LogP contribution in [-0.4, -0.2) is 18.1 Å². The molecule has 0 aliphatic carbocycles. The van der Waals surface area contributed by atoms with Crippen LogP contribution in [0.4, 0.5) is 5.82 Å². The molecule has 0 bridgehead atoms. The fourth-order valence-electron chi connectivity index (χ4n) is 2.23. The van der Waals surface area contributed by atoms with Gasteiger partial charge in [0.1, 0.15) is 5.82 Å². The smallest absolute Gasteiger partial charge is 0.128 e. The van der Waals surface area contributed by atoms with Crippen LogP contribution in [-0.2, 0) is 6.42 Å². The predicted molar refractivity (Wildman–Crippen MR) is 64.2 cm³/mol. The van der Waals surface area contributed by atoms with Crippen molar-refractivity contribution in [2.24, 2.45) is 5.92 Å². The van der Waals surface area contributed by atoms with Gasteiger partial charge in [-0.15, -0.1) is 0 Å². The van der Waals surface area contributed by atoms with Crippen LogP contribution in [0.3, 0.4) is 0 Å². The van der Waals surface area contributed by atoms with Crippen molar-refractivity contribution in [2.75, 3.05) is 18.0 Å². The summed E-state index contributed by atoms with van der Waals surface area (Å²) in [7, 11) is 0. The zero-order chi connectivity index (χ0) is 10.7. The molecule has 0 amide bonds. The van der Waals surface area contributed by atoms with E-state index in [1.165, 1.54) is 37.3 Å². The molecule has 2 rings (SSSR count). The Balaban J connectivity index is 2.09. The summed E-state index contributed by atoms with van der Waals surface area (Å²) in [5.41, 5.74) is 1.39. The van der Waals surface area contributed by atoms with Gasteiger partial charge in [-0.05, 0) is 36.5 Å². The van der Waals surface area contributed by atoms with E-state index in [0.29, 0.717) is 0 Å². The van der Waals surface area contributed by atoms with Crippen molar-refractivity contribution in [3.63, 3.8) is 0 Å². The fraction of sp³-hybridized carbons (Fsp3) is 0.615. The molecule has 0 N–H and O–H groups in total. The van der Waals surface area contributed by atoms with Gasteiger partial charge >= 0.3 is 0 Å². The van der Waals surface area contributed by atoms with Crippen LogP contribution in [0.1, 0.15) is 32.3 Å². The highest BCUT2D eigenvalue weighted by atomic mass is 15.2. The lowest BCUT2D eigenvalue weighted by atomic mass is 10.1. The SMILES string of the molecule is CCc1ccnc(N2CCC(CC)C2)c1. The van der Waals surface area contributed by atoms with Crippen molar-refractivity contribution < 1.29 is 0 Å². The topological polar surface area (TPSA) is 16.1 Å². The molecule has 1 fully saturated rings. The minimum absolute atomic E-state index is 0.872. The summed E-state index contributed by atoms with van der Waals surface area (Å²) in [6.07, 6.45) is 5.66. The average Bonchev–Trinajstić information content (AvgIpc) is 2.78. The average molecular weight is 204 g/mol. The number of anilines is 1. The summed E-state index contributed by atoms with van der Waals surface area (Å²) in [6.45, 7) is 6.84. The van der Waals surface area contributed by atoms with Gasteiger partial charge in [-0.2, -0.15) is 0 Å². The molecule has 1 atom stereocenters. The third-order valence-electron chi connectivity index (χ3n) is 3.41. The maximum atomic E-state index is 4.46. The Bertz CT molecular complexity index is 322. The van der Waals surface area contributed by atoms with Gasteiger partial charge in [-0.25, -0.2) is 4.98 Å². The Morgan fingerprint density at radius 2 is 2.33 bits per heavy atom. The minimum atomic E-state index is 0.872. The molecule has 82 valence electrons. The van der Waals surface area contributed by atoms with Gasteiger partial charge in [0, 0.05) is 19.3 Å². The van der Waals surface area contributed by atoms with Crippen molar-refractivity contribution in [3.05, 3.63) is 23.9 Å². The number of aromatic nitrogens is 1.